The van der Waals surface area contributed by atoms with Crippen LogP contribution in [0.5, 0.6) is 0 Å². The molecule has 0 fully saturated rings. The van der Waals surface area contributed by atoms with Crippen LogP contribution in [0.25, 0.3) is 0 Å². The van der Waals surface area contributed by atoms with Gasteiger partial charge in [-0.1, -0.05) is 26.2 Å². The molecule has 0 aromatic heterocycles. The summed E-state index contributed by atoms with van der Waals surface area (Å²) in [6.45, 7) is 6.79. The quantitative estimate of drug-likeness (QED) is 0.407. The molecule has 0 aliphatic carbocycles. The van der Waals surface area contributed by atoms with Crippen molar-refractivity contribution in [2.45, 2.75) is 45.3 Å². The first kappa shape index (κ1) is 17.4. The van der Waals surface area contributed by atoms with Gasteiger partial charge < -0.3 is 19.9 Å². The van der Waals surface area contributed by atoms with Crippen LogP contribution in [0.4, 0.5) is 0 Å². The highest BCUT2D eigenvalue weighted by Crippen LogP contribution is 1.91. The molecule has 0 heterocycles. The van der Waals surface area contributed by atoms with Gasteiger partial charge in [0.25, 0.3) is 0 Å². The highest BCUT2D eigenvalue weighted by atomic mass is 16.5. The summed E-state index contributed by atoms with van der Waals surface area (Å²) >= 11 is 0. The van der Waals surface area contributed by atoms with Crippen LogP contribution < -0.4 is 5.32 Å². The fourth-order valence-corrected chi connectivity index (χ4v) is 1.34. The molecule has 0 rings (SSSR count). The molecular weight excluding hydrogens is 230 g/mol. The molecule has 0 spiro atoms. The highest BCUT2D eigenvalue weighted by Gasteiger charge is 2.07. The minimum atomic E-state index is -0.525. The van der Waals surface area contributed by atoms with Gasteiger partial charge in [0, 0.05) is 13.2 Å². The third kappa shape index (κ3) is 10.5. The van der Waals surface area contributed by atoms with Crippen LogP contribution in [-0.4, -0.2) is 50.2 Å². The molecule has 0 aromatic carbocycles. The monoisotopic (exact) mass is 257 g/mol. The van der Waals surface area contributed by atoms with Gasteiger partial charge in [-0.05, 0) is 12.8 Å². The zero-order chi connectivity index (χ0) is 13.6. The van der Waals surface area contributed by atoms with Crippen LogP contribution >= 0.6 is 0 Å². The van der Waals surface area contributed by atoms with E-state index in [9.17, 15) is 5.11 Å². The number of rotatable bonds is 12. The summed E-state index contributed by atoms with van der Waals surface area (Å²) in [7, 11) is 0. The molecule has 0 saturated carbocycles. The van der Waals surface area contributed by atoms with Crippen LogP contribution in [-0.2, 0) is 9.47 Å². The molecule has 4 nitrogen and oxygen atoms in total. The summed E-state index contributed by atoms with van der Waals surface area (Å²) in [6, 6.07) is 0.0250. The van der Waals surface area contributed by atoms with Crippen LogP contribution in [0.3, 0.4) is 0 Å². The first-order valence-corrected chi connectivity index (χ1v) is 6.77. The van der Waals surface area contributed by atoms with E-state index in [1.165, 1.54) is 0 Å². The lowest BCUT2D eigenvalue weighted by molar-refractivity contribution is 0.00358. The van der Waals surface area contributed by atoms with E-state index < -0.39 is 6.10 Å². The second-order valence-corrected chi connectivity index (χ2v) is 4.23. The fourth-order valence-electron chi connectivity index (χ4n) is 1.34. The highest BCUT2D eigenvalue weighted by molar-refractivity contribution is 4.97. The van der Waals surface area contributed by atoms with E-state index in [0.717, 1.165) is 25.9 Å². The van der Waals surface area contributed by atoms with E-state index in [1.54, 1.807) is 0 Å². The number of hydrogen-bond donors (Lipinski definition) is 2. The van der Waals surface area contributed by atoms with E-state index in [2.05, 4.69) is 18.2 Å². The van der Waals surface area contributed by atoms with Crippen molar-refractivity contribution in [3.05, 3.63) is 0 Å². The number of ether oxygens (including phenoxy) is 2. The lowest BCUT2D eigenvalue weighted by atomic mass is 10.2. The minimum absolute atomic E-state index is 0.0250. The second-order valence-electron chi connectivity index (χ2n) is 4.23. The molecule has 18 heavy (non-hydrogen) atoms. The number of hydrogen-bond acceptors (Lipinski definition) is 4. The van der Waals surface area contributed by atoms with Gasteiger partial charge in [-0.15, -0.1) is 6.42 Å². The molecule has 2 unspecified atom stereocenters. The van der Waals surface area contributed by atoms with Gasteiger partial charge in [0.1, 0.15) is 0 Å². The first-order valence-electron chi connectivity index (χ1n) is 6.77. The lowest BCUT2D eigenvalue weighted by Crippen LogP contribution is -2.36. The van der Waals surface area contributed by atoms with Crippen molar-refractivity contribution in [3.8, 4) is 12.3 Å². The molecule has 0 aliphatic rings. The predicted molar refractivity (Wildman–Crippen MR) is 73.5 cm³/mol. The van der Waals surface area contributed by atoms with Gasteiger partial charge in [0.05, 0.1) is 32.0 Å². The Hall–Kier alpha value is -0.600. The molecule has 2 atom stereocenters. The predicted octanol–water partition coefficient (Wildman–Crippen LogP) is 1.18. The molecular formula is C14H27NO3. The first-order chi connectivity index (χ1) is 8.74. The molecule has 106 valence electrons. The number of unbranched alkanes of at least 4 members (excludes halogenated alkanes) is 1. The van der Waals surface area contributed by atoms with Crippen molar-refractivity contribution in [2.24, 2.45) is 0 Å². The summed E-state index contributed by atoms with van der Waals surface area (Å²) in [5.74, 6) is 2.62. The zero-order valence-electron chi connectivity index (χ0n) is 11.7. The summed E-state index contributed by atoms with van der Waals surface area (Å²) in [6.07, 6.45) is 7.86. The SMILES string of the molecule is C#CC(CC)NCC(O)COCCOCCCC. The average molecular weight is 257 g/mol. The Kier molecular flexibility index (Phi) is 12.4. The Morgan fingerprint density at radius 1 is 1.22 bits per heavy atom. The van der Waals surface area contributed by atoms with Gasteiger partial charge >= 0.3 is 0 Å². The molecule has 0 saturated heterocycles. The van der Waals surface area contributed by atoms with Crippen molar-refractivity contribution in [2.75, 3.05) is 33.0 Å². The molecule has 2 N–H and O–H groups in total. The van der Waals surface area contributed by atoms with Gasteiger partial charge in [-0.3, -0.25) is 0 Å². The smallest absolute Gasteiger partial charge is 0.0898 e. The Balaban J connectivity index is 3.32. The third-order valence-corrected chi connectivity index (χ3v) is 2.53. The van der Waals surface area contributed by atoms with E-state index in [4.69, 9.17) is 15.9 Å². The van der Waals surface area contributed by atoms with Crippen LogP contribution in [0.1, 0.15) is 33.1 Å². The molecule has 0 amide bonds. The van der Waals surface area contributed by atoms with Gasteiger partial charge in [0.15, 0.2) is 0 Å². The maximum atomic E-state index is 9.63. The molecule has 4 heteroatoms. The van der Waals surface area contributed by atoms with Crippen LogP contribution in [0, 0.1) is 12.3 Å². The number of terminal acetylenes is 1. The van der Waals surface area contributed by atoms with Crippen molar-refractivity contribution >= 4 is 0 Å². The summed E-state index contributed by atoms with van der Waals surface area (Å²) in [5.41, 5.74) is 0. The second kappa shape index (κ2) is 12.8. The Labute approximate surface area is 111 Å². The average Bonchev–Trinajstić information content (AvgIpc) is 2.39. The number of aliphatic hydroxyl groups excluding tert-OH is 1. The fraction of sp³-hybridized carbons (Fsp3) is 0.857. The Morgan fingerprint density at radius 3 is 2.56 bits per heavy atom. The number of nitrogens with one attached hydrogen (secondary N) is 1. The maximum absolute atomic E-state index is 9.63. The topological polar surface area (TPSA) is 50.7 Å². The molecule has 0 aromatic rings. The van der Waals surface area contributed by atoms with E-state index in [1.807, 2.05) is 6.92 Å². The largest absolute Gasteiger partial charge is 0.389 e. The number of aliphatic hydroxyl groups is 1. The summed E-state index contributed by atoms with van der Waals surface area (Å²) < 4.78 is 10.6. The van der Waals surface area contributed by atoms with Crippen molar-refractivity contribution in [3.63, 3.8) is 0 Å². The van der Waals surface area contributed by atoms with E-state index in [-0.39, 0.29) is 6.04 Å². The lowest BCUT2D eigenvalue weighted by Gasteiger charge is -2.15. The third-order valence-electron chi connectivity index (χ3n) is 2.53. The molecule has 0 bridgehead atoms. The standard InChI is InChI=1S/C14H27NO3/c1-4-7-8-17-9-10-18-12-14(16)11-15-13(5-2)6-3/h2,13-16H,4,6-12H2,1,3H3. The Morgan fingerprint density at radius 2 is 1.94 bits per heavy atom. The summed E-state index contributed by atoms with van der Waals surface area (Å²) in [5, 5.41) is 12.7. The summed E-state index contributed by atoms with van der Waals surface area (Å²) in [4.78, 5) is 0. The van der Waals surface area contributed by atoms with Crippen molar-refractivity contribution in [1.82, 2.24) is 5.32 Å². The van der Waals surface area contributed by atoms with Gasteiger partial charge in [-0.2, -0.15) is 0 Å². The van der Waals surface area contributed by atoms with Crippen molar-refractivity contribution < 1.29 is 14.6 Å². The van der Waals surface area contributed by atoms with E-state index >= 15 is 0 Å². The maximum Gasteiger partial charge on any atom is 0.0898 e. The van der Waals surface area contributed by atoms with Crippen LogP contribution in [0.15, 0.2) is 0 Å². The van der Waals surface area contributed by atoms with Crippen LogP contribution in [0.2, 0.25) is 0 Å². The van der Waals surface area contributed by atoms with E-state index in [0.29, 0.717) is 26.4 Å². The normalized spacial score (nSPS) is 14.1. The minimum Gasteiger partial charge on any atom is -0.389 e. The van der Waals surface area contributed by atoms with Crippen molar-refractivity contribution in [1.29, 1.82) is 0 Å². The Bertz CT molecular complexity index is 216. The zero-order valence-corrected chi connectivity index (χ0v) is 11.7. The molecule has 0 radical (unpaired) electrons. The molecule has 0 aliphatic heterocycles. The van der Waals surface area contributed by atoms with Gasteiger partial charge in [0.2, 0.25) is 0 Å². The van der Waals surface area contributed by atoms with Gasteiger partial charge in [-0.25, -0.2) is 0 Å².